The van der Waals surface area contributed by atoms with Crippen molar-refractivity contribution in [3.05, 3.63) is 89.0 Å². The first-order chi connectivity index (χ1) is 13.3. The van der Waals surface area contributed by atoms with E-state index in [1.54, 1.807) is 12.1 Å². The molecule has 1 aromatic heterocycles. The molecule has 0 saturated carbocycles. The normalized spacial score (nSPS) is 11.1. The van der Waals surface area contributed by atoms with Crippen LogP contribution in [-0.4, -0.2) is 22.2 Å². The molecule has 1 N–H and O–H groups in total. The topological polar surface area (TPSA) is 55.3 Å². The van der Waals surface area contributed by atoms with Gasteiger partial charge in [0.15, 0.2) is 0 Å². The number of carbonyl (C=O) groups is 1. The number of benzene rings is 2. The van der Waals surface area contributed by atoms with Crippen molar-refractivity contribution in [1.82, 2.24) is 4.57 Å². The number of aromatic nitrogens is 2. The number of nitrogens with zero attached hydrogens (tertiary/aromatic N) is 2. The monoisotopic (exact) mass is 458 g/mol. The van der Waals surface area contributed by atoms with Crippen LogP contribution in [0, 0.1) is 20.8 Å². The van der Waals surface area contributed by atoms with Crippen molar-refractivity contribution in [2.24, 2.45) is 7.05 Å². The Morgan fingerprint density at radius 3 is 2.07 bits per heavy atom. The summed E-state index contributed by atoms with van der Waals surface area (Å²) in [5, 5.41) is 11.5. The summed E-state index contributed by atoms with van der Waals surface area (Å²) in [6.45, 7) is 6.56. The van der Waals surface area contributed by atoms with Crippen LogP contribution in [0.3, 0.4) is 0 Å². The van der Waals surface area contributed by atoms with E-state index in [0.29, 0.717) is 17.7 Å². The zero-order valence-electron chi connectivity index (χ0n) is 17.2. The molecule has 2 aromatic carbocycles. The quantitative estimate of drug-likeness (QED) is 0.408. The fraction of sp³-hybridized carbons (Fsp3) is 0.304. The lowest BCUT2D eigenvalue weighted by molar-refractivity contribution is -0.677. The van der Waals surface area contributed by atoms with E-state index in [0.717, 1.165) is 17.0 Å². The van der Waals surface area contributed by atoms with Crippen LogP contribution in [0.2, 0.25) is 0 Å². The van der Waals surface area contributed by atoms with E-state index in [1.165, 1.54) is 0 Å². The van der Waals surface area contributed by atoms with Gasteiger partial charge in [0, 0.05) is 6.92 Å². The highest BCUT2D eigenvalue weighted by atomic mass is 79.9. The minimum absolute atomic E-state index is 0. The van der Waals surface area contributed by atoms with Gasteiger partial charge < -0.3 is 26.8 Å². The largest absolute Gasteiger partial charge is 1.00 e. The van der Waals surface area contributed by atoms with Crippen molar-refractivity contribution in [3.8, 4) is 0 Å². The van der Waals surface area contributed by atoms with Gasteiger partial charge in [-0.1, -0.05) is 59.7 Å². The highest BCUT2D eigenvalue weighted by Gasteiger charge is 2.42. The molecule has 3 rings (SSSR count). The zero-order chi connectivity index (χ0) is 20.3. The van der Waals surface area contributed by atoms with Gasteiger partial charge in [0.05, 0.1) is 7.05 Å². The van der Waals surface area contributed by atoms with Crippen molar-refractivity contribution < 1.29 is 36.2 Å². The molecule has 0 aliphatic rings. The first kappa shape index (κ1) is 22.8. The summed E-state index contributed by atoms with van der Waals surface area (Å²) in [4.78, 5) is 13.1. The van der Waals surface area contributed by atoms with Crippen LogP contribution >= 0.6 is 0 Å². The Morgan fingerprint density at radius 1 is 1.07 bits per heavy atom. The molecule has 154 valence electrons. The van der Waals surface area contributed by atoms with Gasteiger partial charge in [0.2, 0.25) is 5.60 Å². The summed E-state index contributed by atoms with van der Waals surface area (Å²) in [5.74, 6) is 0.390. The van der Waals surface area contributed by atoms with E-state index in [9.17, 15) is 9.90 Å². The Morgan fingerprint density at radius 2 is 1.62 bits per heavy atom. The molecule has 0 aliphatic heterocycles. The third-order valence-corrected chi connectivity index (χ3v) is 5.13. The van der Waals surface area contributed by atoms with Crippen molar-refractivity contribution in [2.45, 2.75) is 32.9 Å². The van der Waals surface area contributed by atoms with Crippen LogP contribution in [0.4, 0.5) is 0 Å². The van der Waals surface area contributed by atoms with E-state index in [-0.39, 0.29) is 23.6 Å². The molecular weight excluding hydrogens is 432 g/mol. The van der Waals surface area contributed by atoms with Crippen molar-refractivity contribution in [1.29, 1.82) is 0 Å². The molecule has 0 unspecified atom stereocenters. The van der Waals surface area contributed by atoms with Gasteiger partial charge in [-0.3, -0.25) is 0 Å². The SMILES string of the molecule is Cc1cccc(C(O)(C(=O)OCCn2cc[n+](C)c2C)c2cccc(C)c2)c1.[Br-]. The maximum atomic E-state index is 13.1. The molecule has 0 bridgehead atoms. The number of ether oxygens (including phenoxy) is 1. The van der Waals surface area contributed by atoms with Crippen molar-refractivity contribution in [3.63, 3.8) is 0 Å². The molecule has 0 amide bonds. The van der Waals surface area contributed by atoms with Gasteiger partial charge in [-0.2, -0.15) is 0 Å². The molecule has 0 fully saturated rings. The fourth-order valence-electron chi connectivity index (χ4n) is 3.32. The number of imidazole rings is 1. The van der Waals surface area contributed by atoms with Crippen LogP contribution in [0.5, 0.6) is 0 Å². The maximum absolute atomic E-state index is 13.1. The number of hydrogen-bond acceptors (Lipinski definition) is 3. The Labute approximate surface area is 182 Å². The molecule has 0 saturated heterocycles. The molecule has 0 aliphatic carbocycles. The Balaban J connectivity index is 0.00000300. The third kappa shape index (κ3) is 4.77. The molecule has 5 nitrogen and oxygen atoms in total. The van der Waals surface area contributed by atoms with E-state index in [1.807, 2.05) is 85.7 Å². The van der Waals surface area contributed by atoms with E-state index in [2.05, 4.69) is 0 Å². The van der Waals surface area contributed by atoms with Gasteiger partial charge in [-0.05, 0) is 25.0 Å². The highest BCUT2D eigenvalue weighted by molar-refractivity contribution is 5.85. The highest BCUT2D eigenvalue weighted by Crippen LogP contribution is 2.32. The number of aryl methyl sites for hydroxylation is 3. The summed E-state index contributed by atoms with van der Waals surface area (Å²) in [6.07, 6.45) is 3.89. The average Bonchev–Trinajstić information content (AvgIpc) is 2.99. The minimum atomic E-state index is -1.85. The summed E-state index contributed by atoms with van der Waals surface area (Å²) in [7, 11) is 1.96. The lowest BCUT2D eigenvalue weighted by Gasteiger charge is -2.27. The predicted molar refractivity (Wildman–Crippen MR) is 107 cm³/mol. The molecule has 0 atom stereocenters. The van der Waals surface area contributed by atoms with Gasteiger partial charge in [-0.25, -0.2) is 13.9 Å². The molecule has 3 aromatic rings. The Bertz CT molecular complexity index is 952. The molecule has 0 spiro atoms. The zero-order valence-corrected chi connectivity index (χ0v) is 18.8. The second-order valence-electron chi connectivity index (χ2n) is 7.23. The number of rotatable bonds is 6. The number of halogens is 1. The van der Waals surface area contributed by atoms with Gasteiger partial charge >= 0.3 is 5.97 Å². The van der Waals surface area contributed by atoms with E-state index >= 15 is 0 Å². The second-order valence-corrected chi connectivity index (χ2v) is 7.23. The Hall–Kier alpha value is -2.44. The lowest BCUT2D eigenvalue weighted by atomic mass is 9.85. The minimum Gasteiger partial charge on any atom is -1.00 e. The first-order valence-electron chi connectivity index (χ1n) is 9.37. The van der Waals surface area contributed by atoms with Crippen molar-refractivity contribution in [2.75, 3.05) is 6.61 Å². The van der Waals surface area contributed by atoms with Crippen LogP contribution < -0.4 is 21.5 Å². The third-order valence-electron chi connectivity index (χ3n) is 5.13. The maximum Gasteiger partial charge on any atom is 0.347 e. The van der Waals surface area contributed by atoms with Gasteiger partial charge in [-0.15, -0.1) is 0 Å². The second kappa shape index (κ2) is 9.37. The van der Waals surface area contributed by atoms with Crippen LogP contribution in [0.15, 0.2) is 60.9 Å². The predicted octanol–water partition coefficient (Wildman–Crippen LogP) is -0.279. The molecule has 0 radical (unpaired) electrons. The number of hydrogen-bond donors (Lipinski definition) is 1. The van der Waals surface area contributed by atoms with E-state index in [4.69, 9.17) is 4.74 Å². The number of esters is 1. The standard InChI is InChI=1S/C23H27N2O3.BrH/c1-17-7-5-9-20(15-17)23(27,21-10-6-8-18(2)16-21)22(26)28-14-13-25-12-11-24(4)19(25)3;/h5-12,15-16,27H,13-14H2,1-4H3;1H/q+1;/p-1. The van der Waals surface area contributed by atoms with Crippen LogP contribution in [-0.2, 0) is 28.7 Å². The van der Waals surface area contributed by atoms with Gasteiger partial charge in [0.25, 0.3) is 5.82 Å². The first-order valence-corrected chi connectivity index (χ1v) is 9.37. The molecule has 1 heterocycles. The summed E-state index contributed by atoms with van der Waals surface area (Å²) >= 11 is 0. The lowest BCUT2D eigenvalue weighted by Crippen LogP contribution is -3.00. The summed E-state index contributed by atoms with van der Waals surface area (Å²) in [5.41, 5.74) is 1.09. The molecular formula is C23H27BrN2O3. The van der Waals surface area contributed by atoms with Crippen LogP contribution in [0.25, 0.3) is 0 Å². The molecule has 6 heteroatoms. The van der Waals surface area contributed by atoms with Crippen molar-refractivity contribution >= 4 is 5.97 Å². The number of aliphatic hydroxyl groups is 1. The fourth-order valence-corrected chi connectivity index (χ4v) is 3.32. The Kier molecular flexibility index (Phi) is 7.38. The van der Waals surface area contributed by atoms with Gasteiger partial charge in [0.1, 0.15) is 25.5 Å². The summed E-state index contributed by atoms with van der Waals surface area (Å²) in [6, 6.07) is 14.7. The van der Waals surface area contributed by atoms with E-state index < -0.39 is 11.6 Å². The summed E-state index contributed by atoms with van der Waals surface area (Å²) < 4.78 is 9.55. The van der Waals surface area contributed by atoms with Crippen LogP contribution in [0.1, 0.15) is 28.1 Å². The smallest absolute Gasteiger partial charge is 0.347 e. The molecule has 29 heavy (non-hydrogen) atoms. The average molecular weight is 459 g/mol. The number of carbonyl (C=O) groups excluding carboxylic acids is 1.